The van der Waals surface area contributed by atoms with Gasteiger partial charge in [-0.25, -0.2) is 0 Å². The summed E-state index contributed by atoms with van der Waals surface area (Å²) in [6.07, 6.45) is 1.11. The Hall–Kier alpha value is -2.20. The SMILES string of the molecule is C[C@@H]1C[C@@H](C)CN(c2nc(NCCN3CCOCC3)nc(N)c2[N+](=O)[O-])C1. The van der Waals surface area contributed by atoms with Crippen LogP contribution in [0.2, 0.25) is 0 Å². The number of nitrogens with one attached hydrogen (secondary N) is 1. The molecule has 27 heavy (non-hydrogen) atoms. The maximum atomic E-state index is 11.6. The molecule has 2 fully saturated rings. The number of nitrogens with two attached hydrogens (primary N) is 1. The molecular weight excluding hydrogens is 350 g/mol. The zero-order valence-electron chi connectivity index (χ0n) is 16.1. The molecule has 0 saturated carbocycles. The lowest BCUT2D eigenvalue weighted by atomic mass is 9.92. The molecule has 3 rings (SSSR count). The number of hydrogen-bond donors (Lipinski definition) is 2. The third kappa shape index (κ3) is 4.95. The van der Waals surface area contributed by atoms with E-state index in [1.165, 1.54) is 0 Å². The summed E-state index contributed by atoms with van der Waals surface area (Å²) in [5.74, 6) is 1.46. The molecule has 0 unspecified atom stereocenters. The molecule has 0 spiro atoms. The van der Waals surface area contributed by atoms with Crippen molar-refractivity contribution in [3.63, 3.8) is 0 Å². The molecule has 0 aromatic carbocycles. The summed E-state index contributed by atoms with van der Waals surface area (Å²) in [4.78, 5) is 23.9. The minimum absolute atomic E-state index is 0.0928. The molecule has 1 aromatic rings. The maximum absolute atomic E-state index is 11.6. The average Bonchev–Trinajstić information content (AvgIpc) is 2.61. The quantitative estimate of drug-likeness (QED) is 0.554. The van der Waals surface area contributed by atoms with Crippen molar-refractivity contribution in [2.24, 2.45) is 11.8 Å². The van der Waals surface area contributed by atoms with Crippen LogP contribution in [0.4, 0.5) is 23.3 Å². The third-order valence-corrected chi connectivity index (χ3v) is 5.06. The van der Waals surface area contributed by atoms with Crippen molar-refractivity contribution in [1.29, 1.82) is 0 Å². The number of hydrogen-bond acceptors (Lipinski definition) is 9. The fourth-order valence-corrected chi connectivity index (χ4v) is 3.92. The Morgan fingerprint density at radius 2 is 1.93 bits per heavy atom. The monoisotopic (exact) mass is 379 g/mol. The van der Waals surface area contributed by atoms with E-state index in [0.29, 0.717) is 30.1 Å². The van der Waals surface area contributed by atoms with Crippen LogP contribution in [0.1, 0.15) is 20.3 Å². The number of aromatic nitrogens is 2. The van der Waals surface area contributed by atoms with Crippen molar-refractivity contribution >= 4 is 23.3 Å². The van der Waals surface area contributed by atoms with Crippen molar-refractivity contribution in [2.75, 3.05) is 68.4 Å². The lowest BCUT2D eigenvalue weighted by molar-refractivity contribution is -0.383. The highest BCUT2D eigenvalue weighted by Crippen LogP contribution is 2.35. The zero-order chi connectivity index (χ0) is 19.4. The van der Waals surface area contributed by atoms with Crippen LogP contribution in [0.15, 0.2) is 0 Å². The van der Waals surface area contributed by atoms with Gasteiger partial charge in [-0.3, -0.25) is 15.0 Å². The van der Waals surface area contributed by atoms with Crippen LogP contribution in [0, 0.1) is 22.0 Å². The molecule has 0 aliphatic carbocycles. The van der Waals surface area contributed by atoms with E-state index < -0.39 is 4.92 Å². The molecule has 3 N–H and O–H groups in total. The van der Waals surface area contributed by atoms with Crippen LogP contribution in [0.5, 0.6) is 0 Å². The summed E-state index contributed by atoms with van der Waals surface area (Å²) in [5.41, 5.74) is 5.73. The first-order valence-electron chi connectivity index (χ1n) is 9.55. The molecule has 3 heterocycles. The van der Waals surface area contributed by atoms with E-state index in [1.54, 1.807) is 0 Å². The van der Waals surface area contributed by atoms with Crippen molar-refractivity contribution in [3.8, 4) is 0 Å². The second-order valence-electron chi connectivity index (χ2n) is 7.59. The summed E-state index contributed by atoms with van der Waals surface area (Å²) < 4.78 is 5.34. The van der Waals surface area contributed by atoms with E-state index in [9.17, 15) is 10.1 Å². The first-order valence-corrected chi connectivity index (χ1v) is 9.55. The number of nitrogens with zero attached hydrogens (tertiary/aromatic N) is 5. The van der Waals surface area contributed by atoms with Gasteiger partial charge in [-0.2, -0.15) is 9.97 Å². The molecule has 2 atom stereocenters. The van der Waals surface area contributed by atoms with Gasteiger partial charge >= 0.3 is 5.69 Å². The van der Waals surface area contributed by atoms with E-state index in [4.69, 9.17) is 10.5 Å². The van der Waals surface area contributed by atoms with Gasteiger partial charge in [-0.15, -0.1) is 0 Å². The van der Waals surface area contributed by atoms with Crippen molar-refractivity contribution in [3.05, 3.63) is 10.1 Å². The predicted octanol–water partition coefficient (Wildman–Crippen LogP) is 1.19. The maximum Gasteiger partial charge on any atom is 0.353 e. The predicted molar refractivity (Wildman–Crippen MR) is 104 cm³/mol. The van der Waals surface area contributed by atoms with Gasteiger partial charge in [0.2, 0.25) is 17.6 Å². The summed E-state index contributed by atoms with van der Waals surface area (Å²) in [5, 5.41) is 14.7. The number of nitrogen functional groups attached to an aromatic ring is 1. The standard InChI is InChI=1S/C17H29N7O3/c1-12-9-13(2)11-23(10-12)16-14(24(25)26)15(18)20-17(21-16)19-3-4-22-5-7-27-8-6-22/h12-13H,3-11H2,1-2H3,(H3,18,19,20,21)/t12-,13-/m1/s1. The molecular formula is C17H29N7O3. The van der Waals surface area contributed by atoms with Crippen LogP contribution in [0.25, 0.3) is 0 Å². The van der Waals surface area contributed by atoms with E-state index in [1.807, 2.05) is 4.90 Å². The number of anilines is 3. The largest absolute Gasteiger partial charge is 0.379 e. The van der Waals surface area contributed by atoms with E-state index >= 15 is 0 Å². The number of rotatable bonds is 6. The Balaban J connectivity index is 1.75. The highest BCUT2D eigenvalue weighted by molar-refractivity contribution is 5.71. The summed E-state index contributed by atoms with van der Waals surface area (Å²) in [7, 11) is 0. The normalized spacial score (nSPS) is 24.0. The van der Waals surface area contributed by atoms with Crippen molar-refractivity contribution in [1.82, 2.24) is 14.9 Å². The van der Waals surface area contributed by atoms with Crippen molar-refractivity contribution in [2.45, 2.75) is 20.3 Å². The van der Waals surface area contributed by atoms with Gasteiger partial charge in [0.05, 0.1) is 18.1 Å². The lowest BCUT2D eigenvalue weighted by Gasteiger charge is -2.35. The van der Waals surface area contributed by atoms with Crippen molar-refractivity contribution < 1.29 is 9.66 Å². The third-order valence-electron chi connectivity index (χ3n) is 5.06. The Kier molecular flexibility index (Phi) is 6.27. The molecule has 10 nitrogen and oxygen atoms in total. The van der Waals surface area contributed by atoms with Crippen LogP contribution < -0.4 is 16.0 Å². The minimum atomic E-state index is -0.480. The summed E-state index contributed by atoms with van der Waals surface area (Å²) in [6, 6.07) is 0. The first kappa shape index (κ1) is 19.6. The average molecular weight is 379 g/mol. The van der Waals surface area contributed by atoms with Gasteiger partial charge < -0.3 is 20.7 Å². The van der Waals surface area contributed by atoms with E-state index in [0.717, 1.165) is 52.4 Å². The number of nitro groups is 1. The second-order valence-corrected chi connectivity index (χ2v) is 7.59. The molecule has 10 heteroatoms. The van der Waals surface area contributed by atoms with E-state index in [-0.39, 0.29) is 11.5 Å². The summed E-state index contributed by atoms with van der Waals surface area (Å²) >= 11 is 0. The van der Waals surface area contributed by atoms with Gasteiger partial charge in [0.1, 0.15) is 0 Å². The molecule has 1 aromatic heterocycles. The number of ether oxygens (including phenoxy) is 1. The molecule has 2 saturated heterocycles. The van der Waals surface area contributed by atoms with Gasteiger partial charge in [-0.1, -0.05) is 13.8 Å². The molecule has 2 aliphatic heterocycles. The second kappa shape index (κ2) is 8.66. The van der Waals surface area contributed by atoms with E-state index in [2.05, 4.69) is 34.0 Å². The zero-order valence-corrected chi connectivity index (χ0v) is 16.1. The Bertz CT molecular complexity index is 656. The number of piperidine rings is 1. The molecule has 0 amide bonds. The topological polar surface area (TPSA) is 123 Å². The lowest BCUT2D eigenvalue weighted by Crippen LogP contribution is -2.40. The van der Waals surface area contributed by atoms with Gasteiger partial charge in [0.15, 0.2) is 0 Å². The Morgan fingerprint density at radius 3 is 2.56 bits per heavy atom. The summed E-state index contributed by atoms with van der Waals surface area (Å²) in [6.45, 7) is 10.5. The Labute approximate surface area is 159 Å². The van der Waals surface area contributed by atoms with Crippen LogP contribution in [-0.2, 0) is 4.74 Å². The van der Waals surface area contributed by atoms with Gasteiger partial charge in [0.25, 0.3) is 0 Å². The van der Waals surface area contributed by atoms with Crippen LogP contribution in [-0.4, -0.2) is 72.3 Å². The molecule has 2 aliphatic rings. The fourth-order valence-electron chi connectivity index (χ4n) is 3.92. The molecule has 0 radical (unpaired) electrons. The molecule has 150 valence electrons. The smallest absolute Gasteiger partial charge is 0.353 e. The van der Waals surface area contributed by atoms with Crippen LogP contribution in [0.3, 0.4) is 0 Å². The highest BCUT2D eigenvalue weighted by atomic mass is 16.6. The molecule has 0 bridgehead atoms. The van der Waals surface area contributed by atoms with Gasteiger partial charge in [-0.05, 0) is 18.3 Å². The first-order chi connectivity index (χ1) is 12.9. The van der Waals surface area contributed by atoms with Crippen LogP contribution >= 0.6 is 0 Å². The van der Waals surface area contributed by atoms with Gasteiger partial charge in [0, 0.05) is 39.3 Å². The highest BCUT2D eigenvalue weighted by Gasteiger charge is 2.31. The minimum Gasteiger partial charge on any atom is -0.379 e. The number of morpholine rings is 1. The Morgan fingerprint density at radius 1 is 1.26 bits per heavy atom. The fraction of sp³-hybridized carbons (Fsp3) is 0.765.